The summed E-state index contributed by atoms with van der Waals surface area (Å²) in [4.78, 5) is 0.219. The van der Waals surface area contributed by atoms with Gasteiger partial charge in [0.1, 0.15) is 0 Å². The highest BCUT2D eigenvalue weighted by Crippen LogP contribution is 2.28. The highest BCUT2D eigenvalue weighted by atomic mass is 32.2. The monoisotopic (exact) mass is 269 g/mol. The number of ether oxygens (including phenoxy) is 2. The lowest BCUT2D eigenvalue weighted by Crippen LogP contribution is -2.17. The molecule has 0 radical (unpaired) electrons. The zero-order valence-electron chi connectivity index (χ0n) is 9.83. The standard InChI is InChI=1S/C12H15NO4S/c13-18(14,15)12-3-1-2-8(4-9-6-16-9)11(12)5-10-7-17-10/h1-3,9-10H,4-7H2,(H2,13,14,15)/t9?,10-/m1/s1. The van der Waals surface area contributed by atoms with Crippen LogP contribution >= 0.6 is 0 Å². The first kappa shape index (κ1) is 12.1. The summed E-state index contributed by atoms with van der Waals surface area (Å²) in [7, 11) is -3.69. The number of sulfonamides is 1. The summed E-state index contributed by atoms with van der Waals surface area (Å²) in [5.41, 5.74) is 1.79. The van der Waals surface area contributed by atoms with Crippen LogP contribution in [-0.4, -0.2) is 33.8 Å². The minimum Gasteiger partial charge on any atom is -0.373 e. The minimum absolute atomic E-state index is 0.131. The van der Waals surface area contributed by atoms with E-state index >= 15 is 0 Å². The summed E-state index contributed by atoms with van der Waals surface area (Å²) in [6, 6.07) is 5.23. The summed E-state index contributed by atoms with van der Waals surface area (Å²) < 4.78 is 33.6. The van der Waals surface area contributed by atoms with Crippen molar-refractivity contribution in [3.63, 3.8) is 0 Å². The largest absolute Gasteiger partial charge is 0.373 e. The SMILES string of the molecule is NS(=O)(=O)c1cccc(CC2CO2)c1C[C@@H]1CO1. The molecule has 98 valence electrons. The van der Waals surface area contributed by atoms with Crippen molar-refractivity contribution >= 4 is 10.0 Å². The van der Waals surface area contributed by atoms with Gasteiger partial charge in [-0.05, 0) is 17.2 Å². The van der Waals surface area contributed by atoms with Gasteiger partial charge < -0.3 is 9.47 Å². The molecule has 0 aromatic heterocycles. The molecule has 1 unspecified atom stereocenters. The first-order valence-electron chi connectivity index (χ1n) is 5.91. The van der Waals surface area contributed by atoms with E-state index in [4.69, 9.17) is 14.6 Å². The van der Waals surface area contributed by atoms with E-state index in [0.717, 1.165) is 24.2 Å². The smallest absolute Gasteiger partial charge is 0.238 e. The Kier molecular flexibility index (Phi) is 2.90. The summed E-state index contributed by atoms with van der Waals surface area (Å²) in [5, 5.41) is 5.27. The van der Waals surface area contributed by atoms with Crippen molar-refractivity contribution in [1.29, 1.82) is 0 Å². The topological polar surface area (TPSA) is 85.2 Å². The predicted octanol–water partition coefficient (Wildman–Crippen LogP) is 0.217. The molecule has 2 saturated heterocycles. The molecule has 2 fully saturated rings. The van der Waals surface area contributed by atoms with Gasteiger partial charge >= 0.3 is 0 Å². The molecule has 0 amide bonds. The summed E-state index contributed by atoms with van der Waals surface area (Å²) >= 11 is 0. The van der Waals surface area contributed by atoms with Crippen molar-refractivity contribution < 1.29 is 17.9 Å². The fourth-order valence-electron chi connectivity index (χ4n) is 2.15. The fourth-order valence-corrected chi connectivity index (χ4v) is 2.97. The predicted molar refractivity (Wildman–Crippen MR) is 64.7 cm³/mol. The number of nitrogens with two attached hydrogens (primary N) is 1. The second-order valence-corrected chi connectivity index (χ2v) is 6.29. The Hall–Kier alpha value is -0.950. The molecule has 6 heteroatoms. The van der Waals surface area contributed by atoms with Gasteiger partial charge in [-0.1, -0.05) is 12.1 Å². The Balaban J connectivity index is 2.00. The number of rotatable bonds is 5. The molecule has 1 aromatic rings. The molecule has 2 aliphatic heterocycles. The van der Waals surface area contributed by atoms with E-state index in [9.17, 15) is 8.42 Å². The van der Waals surface area contributed by atoms with E-state index in [1.54, 1.807) is 12.1 Å². The number of hydrogen-bond donors (Lipinski definition) is 1. The molecule has 5 nitrogen and oxygen atoms in total. The Morgan fingerprint density at radius 1 is 1.17 bits per heavy atom. The third-order valence-electron chi connectivity index (χ3n) is 3.22. The van der Waals surface area contributed by atoms with Crippen molar-refractivity contribution in [2.24, 2.45) is 5.14 Å². The lowest BCUT2D eigenvalue weighted by atomic mass is 9.99. The van der Waals surface area contributed by atoms with Crippen LogP contribution in [0.2, 0.25) is 0 Å². The summed E-state index contributed by atoms with van der Waals surface area (Å²) in [5.74, 6) is 0. The summed E-state index contributed by atoms with van der Waals surface area (Å²) in [6.07, 6.45) is 1.70. The number of epoxide rings is 2. The quantitative estimate of drug-likeness (QED) is 0.775. The Bertz CT molecular complexity index is 561. The third-order valence-corrected chi connectivity index (χ3v) is 4.22. The van der Waals surface area contributed by atoms with Crippen LogP contribution in [0.5, 0.6) is 0 Å². The van der Waals surface area contributed by atoms with Crippen LogP contribution in [0, 0.1) is 0 Å². The second-order valence-electron chi connectivity index (χ2n) is 4.76. The zero-order valence-corrected chi connectivity index (χ0v) is 10.7. The molecule has 0 spiro atoms. The summed E-state index contributed by atoms with van der Waals surface area (Å²) in [6.45, 7) is 1.44. The zero-order chi connectivity index (χ0) is 12.8. The van der Waals surface area contributed by atoms with Crippen LogP contribution in [0.15, 0.2) is 23.1 Å². The molecule has 3 rings (SSSR count). The van der Waals surface area contributed by atoms with Crippen LogP contribution < -0.4 is 5.14 Å². The van der Waals surface area contributed by atoms with Crippen LogP contribution in [0.25, 0.3) is 0 Å². The Labute approximate surface area is 106 Å². The van der Waals surface area contributed by atoms with Gasteiger partial charge in [-0.2, -0.15) is 0 Å². The molecular formula is C12H15NO4S. The van der Waals surface area contributed by atoms with Gasteiger partial charge in [0, 0.05) is 12.8 Å². The van der Waals surface area contributed by atoms with Crippen molar-refractivity contribution in [1.82, 2.24) is 0 Å². The van der Waals surface area contributed by atoms with Gasteiger partial charge in [0.05, 0.1) is 30.3 Å². The lowest BCUT2D eigenvalue weighted by molar-refractivity contribution is 0.400. The number of primary sulfonamides is 1. The first-order valence-corrected chi connectivity index (χ1v) is 7.45. The van der Waals surface area contributed by atoms with Crippen molar-refractivity contribution in [2.45, 2.75) is 29.9 Å². The molecular weight excluding hydrogens is 254 g/mol. The van der Waals surface area contributed by atoms with E-state index in [0.29, 0.717) is 13.0 Å². The van der Waals surface area contributed by atoms with Crippen LogP contribution in [0.1, 0.15) is 11.1 Å². The van der Waals surface area contributed by atoms with Gasteiger partial charge in [-0.25, -0.2) is 13.6 Å². The molecule has 0 saturated carbocycles. The molecule has 0 bridgehead atoms. The van der Waals surface area contributed by atoms with Gasteiger partial charge in [0.2, 0.25) is 10.0 Å². The van der Waals surface area contributed by atoms with Crippen LogP contribution in [0.3, 0.4) is 0 Å². The third kappa shape index (κ3) is 2.72. The van der Waals surface area contributed by atoms with Gasteiger partial charge in [-0.15, -0.1) is 0 Å². The van der Waals surface area contributed by atoms with E-state index in [-0.39, 0.29) is 17.1 Å². The molecule has 2 heterocycles. The van der Waals surface area contributed by atoms with Crippen molar-refractivity contribution in [3.05, 3.63) is 29.3 Å². The Morgan fingerprint density at radius 2 is 1.78 bits per heavy atom. The average Bonchev–Trinajstić information content (AvgIpc) is 3.12. The molecule has 1 aromatic carbocycles. The molecule has 2 N–H and O–H groups in total. The normalized spacial score (nSPS) is 26.1. The highest BCUT2D eigenvalue weighted by molar-refractivity contribution is 7.89. The maximum atomic E-state index is 11.6. The van der Waals surface area contributed by atoms with Crippen LogP contribution in [-0.2, 0) is 32.3 Å². The van der Waals surface area contributed by atoms with Crippen LogP contribution in [0.4, 0.5) is 0 Å². The Morgan fingerprint density at radius 3 is 2.33 bits per heavy atom. The maximum Gasteiger partial charge on any atom is 0.238 e. The first-order chi connectivity index (χ1) is 8.54. The van der Waals surface area contributed by atoms with Crippen molar-refractivity contribution in [2.75, 3.05) is 13.2 Å². The molecule has 2 atom stereocenters. The fraction of sp³-hybridized carbons (Fsp3) is 0.500. The lowest BCUT2D eigenvalue weighted by Gasteiger charge is -2.12. The van der Waals surface area contributed by atoms with E-state index in [1.807, 2.05) is 6.07 Å². The number of benzene rings is 1. The van der Waals surface area contributed by atoms with Crippen molar-refractivity contribution in [3.8, 4) is 0 Å². The van der Waals surface area contributed by atoms with Gasteiger partial charge in [0.25, 0.3) is 0 Å². The molecule has 0 aliphatic carbocycles. The average molecular weight is 269 g/mol. The maximum absolute atomic E-state index is 11.6. The van der Waals surface area contributed by atoms with Gasteiger partial charge in [-0.3, -0.25) is 0 Å². The number of hydrogen-bond acceptors (Lipinski definition) is 4. The highest BCUT2D eigenvalue weighted by Gasteiger charge is 2.30. The van der Waals surface area contributed by atoms with E-state index in [2.05, 4.69) is 0 Å². The molecule has 2 aliphatic rings. The van der Waals surface area contributed by atoms with E-state index < -0.39 is 10.0 Å². The molecule has 18 heavy (non-hydrogen) atoms. The minimum atomic E-state index is -3.69. The van der Waals surface area contributed by atoms with E-state index in [1.165, 1.54) is 0 Å². The van der Waals surface area contributed by atoms with Gasteiger partial charge in [0.15, 0.2) is 0 Å². The second kappa shape index (κ2) is 4.31.